The van der Waals surface area contributed by atoms with Crippen molar-refractivity contribution in [3.63, 3.8) is 0 Å². The van der Waals surface area contributed by atoms with Crippen LogP contribution in [0.15, 0.2) is 36.7 Å². The third-order valence-corrected chi connectivity index (χ3v) is 2.22. The van der Waals surface area contributed by atoms with Crippen LogP contribution in [0.25, 0.3) is 0 Å². The quantitative estimate of drug-likeness (QED) is 0.654. The Bertz CT molecular complexity index is 408. The fourth-order valence-electron chi connectivity index (χ4n) is 1.41. The number of aromatic nitrogens is 2. The molecule has 4 N–H and O–H groups in total. The van der Waals surface area contributed by atoms with Crippen LogP contribution in [0, 0.1) is 0 Å². The first-order valence-electron chi connectivity index (χ1n) is 4.88. The number of nitrogens with two attached hydrogens (primary N) is 1. The predicted molar refractivity (Wildman–Crippen MR) is 60.0 cm³/mol. The van der Waals surface area contributed by atoms with Crippen molar-refractivity contribution in [3.8, 4) is 0 Å². The number of aromatic amines is 1. The molecular formula is C11H14N4. The molecular weight excluding hydrogens is 188 g/mol. The van der Waals surface area contributed by atoms with E-state index in [1.165, 1.54) is 0 Å². The van der Waals surface area contributed by atoms with Gasteiger partial charge in [-0.05, 0) is 11.6 Å². The molecule has 0 bridgehead atoms. The summed E-state index contributed by atoms with van der Waals surface area (Å²) in [5.74, 6) is 0.935. The Morgan fingerprint density at radius 2 is 2.13 bits per heavy atom. The SMILES string of the molecule is Nc1ccccc1CNCc1ncc[nH]1. The summed E-state index contributed by atoms with van der Waals surface area (Å²) in [4.78, 5) is 7.15. The average Bonchev–Trinajstić information content (AvgIpc) is 2.74. The van der Waals surface area contributed by atoms with Gasteiger partial charge >= 0.3 is 0 Å². The van der Waals surface area contributed by atoms with Gasteiger partial charge in [0.15, 0.2) is 0 Å². The minimum absolute atomic E-state index is 0.724. The Morgan fingerprint density at radius 3 is 2.87 bits per heavy atom. The highest BCUT2D eigenvalue weighted by Crippen LogP contribution is 2.09. The van der Waals surface area contributed by atoms with E-state index in [1.807, 2.05) is 30.5 Å². The van der Waals surface area contributed by atoms with Gasteiger partial charge in [0, 0.05) is 24.6 Å². The van der Waals surface area contributed by atoms with Gasteiger partial charge in [0.2, 0.25) is 0 Å². The number of imidazole rings is 1. The summed E-state index contributed by atoms with van der Waals surface area (Å²) < 4.78 is 0. The van der Waals surface area contributed by atoms with Gasteiger partial charge in [-0.2, -0.15) is 0 Å². The molecule has 0 aliphatic carbocycles. The number of nitrogen functional groups attached to an aromatic ring is 1. The molecule has 4 nitrogen and oxygen atoms in total. The summed E-state index contributed by atoms with van der Waals surface area (Å²) in [6.07, 6.45) is 3.56. The van der Waals surface area contributed by atoms with Crippen molar-refractivity contribution in [2.45, 2.75) is 13.1 Å². The van der Waals surface area contributed by atoms with Crippen molar-refractivity contribution in [1.29, 1.82) is 0 Å². The maximum atomic E-state index is 5.82. The lowest BCUT2D eigenvalue weighted by Crippen LogP contribution is -2.14. The van der Waals surface area contributed by atoms with Crippen molar-refractivity contribution in [3.05, 3.63) is 48.0 Å². The van der Waals surface area contributed by atoms with Crippen LogP contribution in [-0.2, 0) is 13.1 Å². The topological polar surface area (TPSA) is 66.7 Å². The van der Waals surface area contributed by atoms with E-state index in [2.05, 4.69) is 15.3 Å². The van der Waals surface area contributed by atoms with E-state index >= 15 is 0 Å². The van der Waals surface area contributed by atoms with Crippen LogP contribution < -0.4 is 11.1 Å². The Hall–Kier alpha value is -1.81. The zero-order valence-corrected chi connectivity index (χ0v) is 8.40. The van der Waals surface area contributed by atoms with Crippen molar-refractivity contribution >= 4 is 5.69 Å². The zero-order chi connectivity index (χ0) is 10.5. The van der Waals surface area contributed by atoms with Gasteiger partial charge in [0.05, 0.1) is 6.54 Å². The normalized spacial score (nSPS) is 10.4. The lowest BCUT2D eigenvalue weighted by molar-refractivity contribution is 0.670. The van der Waals surface area contributed by atoms with Gasteiger partial charge in [0.1, 0.15) is 5.82 Å². The summed E-state index contributed by atoms with van der Waals surface area (Å²) in [5, 5.41) is 3.27. The molecule has 0 unspecified atom stereocenters. The fourth-order valence-corrected chi connectivity index (χ4v) is 1.41. The monoisotopic (exact) mass is 202 g/mol. The molecule has 15 heavy (non-hydrogen) atoms. The Morgan fingerprint density at radius 1 is 1.27 bits per heavy atom. The highest BCUT2D eigenvalue weighted by Gasteiger charge is 1.98. The van der Waals surface area contributed by atoms with Crippen LogP contribution in [0.1, 0.15) is 11.4 Å². The summed E-state index contributed by atoms with van der Waals surface area (Å²) in [7, 11) is 0. The van der Waals surface area contributed by atoms with Crippen LogP contribution in [0.3, 0.4) is 0 Å². The van der Waals surface area contributed by atoms with E-state index in [1.54, 1.807) is 6.20 Å². The third-order valence-electron chi connectivity index (χ3n) is 2.22. The number of nitrogens with one attached hydrogen (secondary N) is 2. The predicted octanol–water partition coefficient (Wildman–Crippen LogP) is 1.28. The maximum Gasteiger partial charge on any atom is 0.120 e. The molecule has 0 saturated carbocycles. The van der Waals surface area contributed by atoms with Crippen molar-refractivity contribution in [2.24, 2.45) is 0 Å². The summed E-state index contributed by atoms with van der Waals surface area (Å²) in [5.41, 5.74) is 7.76. The minimum atomic E-state index is 0.724. The van der Waals surface area contributed by atoms with E-state index in [4.69, 9.17) is 5.73 Å². The number of para-hydroxylation sites is 1. The standard InChI is InChI=1S/C11H14N4/c12-10-4-2-1-3-9(10)7-13-8-11-14-5-6-15-11/h1-6,13H,7-8,12H2,(H,14,15). The molecule has 0 spiro atoms. The number of hydrogen-bond acceptors (Lipinski definition) is 3. The molecule has 0 atom stereocenters. The molecule has 0 saturated heterocycles. The highest BCUT2D eigenvalue weighted by molar-refractivity contribution is 5.46. The van der Waals surface area contributed by atoms with Gasteiger partial charge in [-0.25, -0.2) is 4.98 Å². The lowest BCUT2D eigenvalue weighted by Gasteiger charge is -2.05. The van der Waals surface area contributed by atoms with Gasteiger partial charge in [-0.3, -0.25) is 0 Å². The molecule has 0 aliphatic heterocycles. The molecule has 4 heteroatoms. The fraction of sp³-hybridized carbons (Fsp3) is 0.182. The van der Waals surface area contributed by atoms with Gasteiger partial charge in [-0.1, -0.05) is 18.2 Å². The second kappa shape index (κ2) is 4.61. The number of nitrogens with zero attached hydrogens (tertiary/aromatic N) is 1. The zero-order valence-electron chi connectivity index (χ0n) is 8.40. The minimum Gasteiger partial charge on any atom is -0.398 e. The summed E-state index contributed by atoms with van der Waals surface area (Å²) in [6.45, 7) is 1.48. The molecule has 2 aromatic rings. The van der Waals surface area contributed by atoms with Crippen LogP contribution in [0.5, 0.6) is 0 Å². The average molecular weight is 202 g/mol. The first-order chi connectivity index (χ1) is 7.36. The van der Waals surface area contributed by atoms with Crippen LogP contribution in [0.2, 0.25) is 0 Å². The first-order valence-corrected chi connectivity index (χ1v) is 4.88. The highest BCUT2D eigenvalue weighted by atomic mass is 15.0. The smallest absolute Gasteiger partial charge is 0.120 e. The molecule has 2 rings (SSSR count). The van der Waals surface area contributed by atoms with Gasteiger partial charge in [0.25, 0.3) is 0 Å². The van der Waals surface area contributed by atoms with Crippen molar-refractivity contribution in [2.75, 3.05) is 5.73 Å². The van der Waals surface area contributed by atoms with Gasteiger partial charge < -0.3 is 16.0 Å². The van der Waals surface area contributed by atoms with E-state index in [-0.39, 0.29) is 0 Å². The maximum absolute atomic E-state index is 5.82. The molecule has 0 fully saturated rings. The van der Waals surface area contributed by atoms with Crippen molar-refractivity contribution < 1.29 is 0 Å². The Kier molecular flexibility index (Phi) is 2.99. The van der Waals surface area contributed by atoms with Crippen molar-refractivity contribution in [1.82, 2.24) is 15.3 Å². The third kappa shape index (κ3) is 2.57. The number of rotatable bonds is 4. The molecule has 0 amide bonds. The number of hydrogen-bond donors (Lipinski definition) is 3. The number of benzene rings is 1. The summed E-state index contributed by atoms with van der Waals surface area (Å²) in [6, 6.07) is 7.85. The largest absolute Gasteiger partial charge is 0.398 e. The van der Waals surface area contributed by atoms with E-state index < -0.39 is 0 Å². The van der Waals surface area contributed by atoms with Crippen LogP contribution in [0.4, 0.5) is 5.69 Å². The number of H-pyrrole nitrogens is 1. The Balaban J connectivity index is 1.86. The summed E-state index contributed by atoms with van der Waals surface area (Å²) >= 11 is 0. The lowest BCUT2D eigenvalue weighted by atomic mass is 10.2. The molecule has 78 valence electrons. The Labute approximate surface area is 88.5 Å². The number of anilines is 1. The molecule has 0 aliphatic rings. The van der Waals surface area contributed by atoms with E-state index in [0.717, 1.165) is 30.2 Å². The molecule has 1 aromatic carbocycles. The van der Waals surface area contributed by atoms with E-state index in [0.29, 0.717) is 0 Å². The second-order valence-electron chi connectivity index (χ2n) is 3.34. The molecule has 0 radical (unpaired) electrons. The molecule has 1 aromatic heterocycles. The first kappa shape index (κ1) is 9.73. The second-order valence-corrected chi connectivity index (χ2v) is 3.34. The van der Waals surface area contributed by atoms with E-state index in [9.17, 15) is 0 Å². The van der Waals surface area contributed by atoms with Gasteiger partial charge in [-0.15, -0.1) is 0 Å². The van der Waals surface area contributed by atoms with Crippen LogP contribution in [-0.4, -0.2) is 9.97 Å². The molecule has 1 heterocycles. The van der Waals surface area contributed by atoms with Crippen LogP contribution >= 0.6 is 0 Å².